The maximum atomic E-state index is 13.4. The van der Waals surface area contributed by atoms with E-state index in [1.807, 2.05) is 13.0 Å². The van der Waals surface area contributed by atoms with Crippen LogP contribution in [0.5, 0.6) is 0 Å². The molecule has 3 rings (SSSR count). The van der Waals surface area contributed by atoms with Crippen molar-refractivity contribution in [2.75, 3.05) is 16.2 Å². The maximum absolute atomic E-state index is 13.4. The molecule has 1 N–H and O–H groups in total. The number of carbonyl (C=O) groups excluding carboxylic acids is 1. The zero-order chi connectivity index (χ0) is 21.9. The predicted molar refractivity (Wildman–Crippen MR) is 117 cm³/mol. The Morgan fingerprint density at radius 2 is 1.73 bits per heavy atom. The Balaban J connectivity index is 1.98. The molecule has 30 heavy (non-hydrogen) atoms. The van der Waals surface area contributed by atoms with Gasteiger partial charge in [0.05, 0.1) is 15.6 Å². The van der Waals surface area contributed by atoms with Gasteiger partial charge in [0.1, 0.15) is 12.4 Å². The Morgan fingerprint density at radius 1 is 1.03 bits per heavy atom. The number of aryl methyl sites for hydroxylation is 2. The van der Waals surface area contributed by atoms with Crippen LogP contribution >= 0.6 is 11.6 Å². The summed E-state index contributed by atoms with van der Waals surface area (Å²) in [6.45, 7) is 3.16. The van der Waals surface area contributed by atoms with Gasteiger partial charge in [-0.15, -0.1) is 0 Å². The smallest absolute Gasteiger partial charge is 0.264 e. The SMILES string of the molecule is Cc1ccc(C)c(N(CC(=O)Nc2ccc(F)c(Cl)c2)S(=O)(=O)c2ccccc2)c1. The van der Waals surface area contributed by atoms with Crippen LogP contribution in [0.1, 0.15) is 11.1 Å². The molecule has 3 aromatic carbocycles. The molecule has 5 nitrogen and oxygen atoms in total. The van der Waals surface area contributed by atoms with Crippen LogP contribution < -0.4 is 9.62 Å². The van der Waals surface area contributed by atoms with Crippen LogP contribution in [-0.4, -0.2) is 20.9 Å². The third kappa shape index (κ3) is 4.80. The fourth-order valence-electron chi connectivity index (χ4n) is 2.91. The minimum Gasteiger partial charge on any atom is -0.324 e. The summed E-state index contributed by atoms with van der Waals surface area (Å²) in [5, 5.41) is 2.43. The van der Waals surface area contributed by atoms with Gasteiger partial charge in [-0.1, -0.05) is 41.9 Å². The maximum Gasteiger partial charge on any atom is 0.264 e. The first-order valence-corrected chi connectivity index (χ1v) is 10.9. The van der Waals surface area contributed by atoms with Crippen LogP contribution in [0.2, 0.25) is 5.02 Å². The molecule has 0 atom stereocenters. The summed E-state index contributed by atoms with van der Waals surface area (Å²) in [5.74, 6) is -1.20. The summed E-state index contributed by atoms with van der Waals surface area (Å²) < 4.78 is 41.2. The first kappa shape index (κ1) is 21.8. The molecule has 0 saturated heterocycles. The Morgan fingerprint density at radius 3 is 2.40 bits per heavy atom. The number of nitrogens with one attached hydrogen (secondary N) is 1. The van der Waals surface area contributed by atoms with E-state index in [9.17, 15) is 17.6 Å². The lowest BCUT2D eigenvalue weighted by Crippen LogP contribution is -2.38. The summed E-state index contributed by atoms with van der Waals surface area (Å²) >= 11 is 5.76. The van der Waals surface area contributed by atoms with Gasteiger partial charge in [0, 0.05) is 5.69 Å². The van der Waals surface area contributed by atoms with Gasteiger partial charge in [0.25, 0.3) is 10.0 Å². The number of anilines is 2. The van der Waals surface area contributed by atoms with Crippen LogP contribution in [0, 0.1) is 19.7 Å². The average Bonchev–Trinajstić information content (AvgIpc) is 2.71. The Labute approximate surface area is 180 Å². The van der Waals surface area contributed by atoms with E-state index in [1.54, 1.807) is 37.3 Å². The van der Waals surface area contributed by atoms with E-state index < -0.39 is 28.3 Å². The number of benzene rings is 3. The van der Waals surface area contributed by atoms with E-state index >= 15 is 0 Å². The van der Waals surface area contributed by atoms with Gasteiger partial charge in [-0.25, -0.2) is 12.8 Å². The van der Waals surface area contributed by atoms with Gasteiger partial charge in [-0.05, 0) is 61.4 Å². The number of hydrogen-bond donors (Lipinski definition) is 1. The predicted octanol–water partition coefficient (Wildman–Crippen LogP) is 4.93. The second kappa shape index (κ2) is 8.85. The third-order valence-electron chi connectivity index (χ3n) is 4.46. The summed E-state index contributed by atoms with van der Waals surface area (Å²) in [7, 11) is -4.01. The lowest BCUT2D eigenvalue weighted by Gasteiger charge is -2.26. The van der Waals surface area contributed by atoms with Crippen molar-refractivity contribution >= 4 is 38.9 Å². The number of amides is 1. The fourth-order valence-corrected chi connectivity index (χ4v) is 4.59. The molecule has 0 saturated carbocycles. The van der Waals surface area contributed by atoms with Crippen LogP contribution in [0.4, 0.5) is 15.8 Å². The minimum absolute atomic E-state index is 0.0727. The molecule has 0 aliphatic heterocycles. The van der Waals surface area contributed by atoms with Gasteiger partial charge in [-0.2, -0.15) is 0 Å². The van der Waals surface area contributed by atoms with Gasteiger partial charge in [0.2, 0.25) is 5.91 Å². The molecule has 0 radical (unpaired) electrons. The first-order chi connectivity index (χ1) is 14.2. The van der Waals surface area contributed by atoms with E-state index in [0.29, 0.717) is 11.3 Å². The number of sulfonamides is 1. The molecule has 1 amide bonds. The van der Waals surface area contributed by atoms with Crippen molar-refractivity contribution in [1.29, 1.82) is 0 Å². The molecule has 0 spiro atoms. The van der Waals surface area contributed by atoms with Crippen molar-refractivity contribution in [1.82, 2.24) is 0 Å². The number of nitrogens with zero attached hydrogens (tertiary/aromatic N) is 1. The topological polar surface area (TPSA) is 66.5 Å². The fraction of sp³-hybridized carbons (Fsp3) is 0.136. The second-order valence-electron chi connectivity index (χ2n) is 6.79. The zero-order valence-electron chi connectivity index (χ0n) is 16.4. The zero-order valence-corrected chi connectivity index (χ0v) is 18.0. The normalized spacial score (nSPS) is 11.2. The first-order valence-electron chi connectivity index (χ1n) is 9.08. The monoisotopic (exact) mass is 446 g/mol. The molecule has 0 aliphatic carbocycles. The molecule has 0 unspecified atom stereocenters. The number of halogens is 2. The van der Waals surface area contributed by atoms with Crippen molar-refractivity contribution < 1.29 is 17.6 Å². The third-order valence-corrected chi connectivity index (χ3v) is 6.52. The number of hydrogen-bond acceptors (Lipinski definition) is 3. The van der Waals surface area contributed by atoms with Crippen molar-refractivity contribution in [2.24, 2.45) is 0 Å². The van der Waals surface area contributed by atoms with E-state index in [4.69, 9.17) is 11.6 Å². The van der Waals surface area contributed by atoms with Crippen LogP contribution in [0.15, 0.2) is 71.6 Å². The average molecular weight is 447 g/mol. The Hall–Kier alpha value is -2.90. The number of rotatable bonds is 6. The molecular formula is C22H20ClFN2O3S. The van der Waals surface area contributed by atoms with Gasteiger partial charge in [-0.3, -0.25) is 9.10 Å². The van der Waals surface area contributed by atoms with Gasteiger partial charge >= 0.3 is 0 Å². The van der Waals surface area contributed by atoms with E-state index in [-0.39, 0.29) is 15.6 Å². The Bertz CT molecular complexity index is 1180. The second-order valence-corrected chi connectivity index (χ2v) is 9.06. The van der Waals surface area contributed by atoms with Crippen molar-refractivity contribution in [3.8, 4) is 0 Å². The summed E-state index contributed by atoms with van der Waals surface area (Å²) in [5.41, 5.74) is 2.24. The molecule has 156 valence electrons. The molecule has 3 aromatic rings. The highest BCUT2D eigenvalue weighted by Crippen LogP contribution is 2.28. The van der Waals surface area contributed by atoms with E-state index in [2.05, 4.69) is 5.32 Å². The van der Waals surface area contributed by atoms with Gasteiger partial charge < -0.3 is 5.32 Å². The highest BCUT2D eigenvalue weighted by atomic mass is 35.5. The molecule has 0 bridgehead atoms. The minimum atomic E-state index is -4.01. The van der Waals surface area contributed by atoms with E-state index in [1.165, 1.54) is 24.3 Å². The summed E-state index contributed by atoms with van der Waals surface area (Å²) in [6, 6.07) is 17.0. The van der Waals surface area contributed by atoms with E-state index in [0.717, 1.165) is 15.9 Å². The van der Waals surface area contributed by atoms with Crippen LogP contribution in [0.25, 0.3) is 0 Å². The van der Waals surface area contributed by atoms with Crippen molar-refractivity contribution in [3.05, 3.63) is 88.7 Å². The highest BCUT2D eigenvalue weighted by Gasteiger charge is 2.28. The van der Waals surface area contributed by atoms with Crippen LogP contribution in [0.3, 0.4) is 0 Å². The standard InChI is InChI=1S/C22H20ClFN2O3S/c1-15-8-9-16(2)21(12-15)26(30(28,29)18-6-4-3-5-7-18)14-22(27)25-17-10-11-20(24)19(23)13-17/h3-13H,14H2,1-2H3,(H,25,27). The Kier molecular flexibility index (Phi) is 6.43. The molecule has 8 heteroatoms. The van der Waals surface area contributed by atoms with Crippen molar-refractivity contribution in [3.63, 3.8) is 0 Å². The lowest BCUT2D eigenvalue weighted by molar-refractivity contribution is -0.114. The largest absolute Gasteiger partial charge is 0.324 e. The molecular weight excluding hydrogens is 427 g/mol. The molecule has 0 fully saturated rings. The summed E-state index contributed by atoms with van der Waals surface area (Å²) in [6.07, 6.45) is 0. The molecule has 0 aromatic heterocycles. The molecule has 0 aliphatic rings. The van der Waals surface area contributed by atoms with Crippen LogP contribution in [-0.2, 0) is 14.8 Å². The lowest BCUT2D eigenvalue weighted by atomic mass is 10.1. The van der Waals surface area contributed by atoms with Gasteiger partial charge in [0.15, 0.2) is 0 Å². The summed E-state index contributed by atoms with van der Waals surface area (Å²) in [4.78, 5) is 12.8. The molecule has 0 heterocycles. The quantitative estimate of drug-likeness (QED) is 0.583. The number of carbonyl (C=O) groups is 1. The highest BCUT2D eigenvalue weighted by molar-refractivity contribution is 7.92. The van der Waals surface area contributed by atoms with Crippen molar-refractivity contribution in [2.45, 2.75) is 18.7 Å².